The molecule has 0 bridgehead atoms. The fraction of sp³-hybridized carbons (Fsp3) is 0.105. The molecule has 0 fully saturated rings. The van der Waals surface area contributed by atoms with Crippen LogP contribution in [-0.4, -0.2) is 11.3 Å². The van der Waals surface area contributed by atoms with Crippen molar-refractivity contribution in [3.63, 3.8) is 0 Å². The molecular formula is C19H15ClF3N5O2. The fourth-order valence-corrected chi connectivity index (χ4v) is 2.51. The number of pyridine rings is 1. The van der Waals surface area contributed by atoms with E-state index in [1.165, 1.54) is 24.3 Å². The van der Waals surface area contributed by atoms with Gasteiger partial charge >= 0.3 is 6.36 Å². The van der Waals surface area contributed by atoms with Gasteiger partial charge in [-0.1, -0.05) is 29.8 Å². The first-order valence-corrected chi connectivity index (χ1v) is 8.79. The molecule has 30 heavy (non-hydrogen) atoms. The number of azo groups is 1. The Balaban J connectivity index is 1.86. The fourth-order valence-electron chi connectivity index (χ4n) is 2.38. The zero-order valence-corrected chi connectivity index (χ0v) is 16.0. The maximum Gasteiger partial charge on any atom is 0.573 e. The van der Waals surface area contributed by atoms with Crippen molar-refractivity contribution in [2.75, 3.05) is 11.5 Å². The van der Waals surface area contributed by atoms with Crippen molar-refractivity contribution in [1.82, 2.24) is 4.98 Å². The quantitative estimate of drug-likeness (QED) is 0.474. The molecular weight excluding hydrogens is 423 g/mol. The lowest BCUT2D eigenvalue weighted by atomic mass is 10.2. The van der Waals surface area contributed by atoms with Gasteiger partial charge in [0, 0.05) is 16.7 Å². The molecule has 0 unspecified atom stereocenters. The van der Waals surface area contributed by atoms with Crippen LogP contribution in [0.3, 0.4) is 0 Å². The third-order valence-corrected chi connectivity index (χ3v) is 3.93. The summed E-state index contributed by atoms with van der Waals surface area (Å²) < 4.78 is 47.4. The molecule has 4 N–H and O–H groups in total. The molecule has 0 aliphatic carbocycles. The minimum Gasteiger partial charge on any atom is -0.486 e. The maximum atomic E-state index is 12.6. The number of nitrogen functional groups attached to an aromatic ring is 2. The Morgan fingerprint density at radius 3 is 2.37 bits per heavy atom. The number of hydrogen-bond donors (Lipinski definition) is 2. The summed E-state index contributed by atoms with van der Waals surface area (Å²) in [7, 11) is 0. The molecule has 0 spiro atoms. The predicted octanol–water partition coefficient (Wildman–Crippen LogP) is 5.79. The van der Waals surface area contributed by atoms with Crippen molar-refractivity contribution < 1.29 is 22.6 Å². The highest BCUT2D eigenvalue weighted by atomic mass is 35.5. The van der Waals surface area contributed by atoms with Gasteiger partial charge in [-0.15, -0.1) is 18.3 Å². The van der Waals surface area contributed by atoms with Crippen LogP contribution in [-0.2, 0) is 6.61 Å². The molecule has 0 saturated heterocycles. The van der Waals surface area contributed by atoms with Crippen LogP contribution in [0.4, 0.5) is 36.2 Å². The van der Waals surface area contributed by atoms with Crippen molar-refractivity contribution in [2.24, 2.45) is 10.2 Å². The van der Waals surface area contributed by atoms with Crippen LogP contribution in [0.1, 0.15) is 5.56 Å². The van der Waals surface area contributed by atoms with Crippen LogP contribution < -0.4 is 20.9 Å². The molecule has 11 heteroatoms. The van der Waals surface area contributed by atoms with Gasteiger partial charge in [0.05, 0.1) is 5.69 Å². The Hall–Kier alpha value is -3.53. The van der Waals surface area contributed by atoms with Gasteiger partial charge in [0.15, 0.2) is 17.3 Å². The lowest BCUT2D eigenvalue weighted by Gasteiger charge is -2.15. The Labute approximate surface area is 174 Å². The molecule has 0 radical (unpaired) electrons. The number of alkyl halides is 3. The highest BCUT2D eigenvalue weighted by Crippen LogP contribution is 2.36. The van der Waals surface area contributed by atoms with Crippen LogP contribution >= 0.6 is 11.6 Å². The summed E-state index contributed by atoms with van der Waals surface area (Å²) in [6.45, 7) is -0.265. The number of benzene rings is 2. The van der Waals surface area contributed by atoms with Crippen molar-refractivity contribution in [3.05, 3.63) is 65.2 Å². The van der Waals surface area contributed by atoms with E-state index >= 15 is 0 Å². The van der Waals surface area contributed by atoms with Crippen molar-refractivity contribution in [1.29, 1.82) is 0 Å². The summed E-state index contributed by atoms with van der Waals surface area (Å²) in [5, 5.41) is 8.62. The Bertz CT molecular complexity index is 1060. The third kappa shape index (κ3) is 5.74. The summed E-state index contributed by atoms with van der Waals surface area (Å²) >= 11 is 5.83. The SMILES string of the molecule is Nc1cc(OCc2ccccc2OC(F)(F)F)c(N=Nc2ccc(Cl)cc2)c(N)n1. The van der Waals surface area contributed by atoms with E-state index in [0.717, 1.165) is 0 Å². The third-order valence-electron chi connectivity index (χ3n) is 3.68. The van der Waals surface area contributed by atoms with E-state index < -0.39 is 6.36 Å². The number of anilines is 2. The zero-order chi connectivity index (χ0) is 21.7. The first kappa shape index (κ1) is 21.2. The number of nitrogens with zero attached hydrogens (tertiary/aromatic N) is 3. The van der Waals surface area contributed by atoms with Crippen LogP contribution in [0.5, 0.6) is 11.5 Å². The number of aromatic nitrogens is 1. The van der Waals surface area contributed by atoms with Crippen LogP contribution in [0.15, 0.2) is 64.8 Å². The minimum absolute atomic E-state index is 0.0489. The van der Waals surface area contributed by atoms with Crippen molar-refractivity contribution >= 4 is 34.6 Å². The second-order valence-corrected chi connectivity index (χ2v) is 6.34. The lowest BCUT2D eigenvalue weighted by molar-refractivity contribution is -0.275. The molecule has 3 rings (SSSR count). The summed E-state index contributed by atoms with van der Waals surface area (Å²) in [4.78, 5) is 3.91. The number of halogens is 4. The highest BCUT2D eigenvalue weighted by molar-refractivity contribution is 6.30. The van der Waals surface area contributed by atoms with E-state index in [0.29, 0.717) is 10.7 Å². The van der Waals surface area contributed by atoms with E-state index in [1.807, 2.05) is 0 Å². The summed E-state index contributed by atoms with van der Waals surface area (Å²) in [6, 6.07) is 13.5. The topological polar surface area (TPSA) is 108 Å². The molecule has 1 heterocycles. The van der Waals surface area contributed by atoms with Gasteiger partial charge in [-0.2, -0.15) is 5.11 Å². The number of hydrogen-bond acceptors (Lipinski definition) is 7. The smallest absolute Gasteiger partial charge is 0.486 e. The van der Waals surface area contributed by atoms with Crippen LogP contribution in [0.2, 0.25) is 5.02 Å². The molecule has 2 aromatic carbocycles. The molecule has 0 amide bonds. The van der Waals surface area contributed by atoms with Gasteiger partial charge in [-0.25, -0.2) is 4.98 Å². The summed E-state index contributed by atoms with van der Waals surface area (Å²) in [5.74, 6) is -0.292. The Morgan fingerprint density at radius 1 is 0.967 bits per heavy atom. The van der Waals surface area contributed by atoms with Crippen molar-refractivity contribution in [3.8, 4) is 11.5 Å². The van der Waals surface area contributed by atoms with Gasteiger partial charge in [0.1, 0.15) is 18.2 Å². The number of nitrogens with two attached hydrogens (primary N) is 2. The second-order valence-electron chi connectivity index (χ2n) is 5.90. The predicted molar refractivity (Wildman–Crippen MR) is 106 cm³/mol. The van der Waals surface area contributed by atoms with Crippen LogP contribution in [0.25, 0.3) is 0 Å². The molecule has 0 aliphatic rings. The molecule has 156 valence electrons. The van der Waals surface area contributed by atoms with E-state index in [-0.39, 0.29) is 41.0 Å². The normalized spacial score (nSPS) is 11.6. The molecule has 1 aromatic heterocycles. The van der Waals surface area contributed by atoms with E-state index in [2.05, 4.69) is 19.9 Å². The van der Waals surface area contributed by atoms with Crippen molar-refractivity contribution in [2.45, 2.75) is 13.0 Å². The monoisotopic (exact) mass is 437 g/mol. The lowest BCUT2D eigenvalue weighted by Crippen LogP contribution is -2.18. The van der Waals surface area contributed by atoms with Gasteiger partial charge in [-0.3, -0.25) is 0 Å². The molecule has 3 aromatic rings. The first-order chi connectivity index (χ1) is 14.2. The average Bonchev–Trinajstić information content (AvgIpc) is 2.66. The van der Waals surface area contributed by atoms with E-state index in [9.17, 15) is 13.2 Å². The van der Waals surface area contributed by atoms with Gasteiger partial charge in [-0.05, 0) is 30.3 Å². The molecule has 0 saturated carbocycles. The number of rotatable bonds is 6. The van der Waals surface area contributed by atoms with Gasteiger partial charge in [0.2, 0.25) is 0 Å². The number of para-hydroxylation sites is 1. The summed E-state index contributed by atoms with van der Waals surface area (Å²) in [6.07, 6.45) is -4.83. The Morgan fingerprint density at radius 2 is 1.67 bits per heavy atom. The first-order valence-electron chi connectivity index (χ1n) is 8.41. The minimum atomic E-state index is -4.83. The second kappa shape index (κ2) is 8.87. The standard InChI is InChI=1S/C19H15ClF3N5O2/c20-12-5-7-13(8-6-12)27-28-17-15(9-16(24)26-18(17)25)29-10-11-3-1-2-4-14(11)30-19(21,22)23/h1-9H,10H2,(H4,24,25,26). The van der Waals surface area contributed by atoms with E-state index in [4.69, 9.17) is 27.8 Å². The molecule has 0 atom stereocenters. The largest absolute Gasteiger partial charge is 0.573 e. The average molecular weight is 438 g/mol. The summed E-state index contributed by atoms with van der Waals surface area (Å²) in [5.41, 5.74) is 12.3. The Kier molecular flexibility index (Phi) is 6.26. The van der Waals surface area contributed by atoms with Crippen LogP contribution in [0, 0.1) is 0 Å². The van der Waals surface area contributed by atoms with Gasteiger partial charge in [0.25, 0.3) is 0 Å². The molecule has 0 aliphatic heterocycles. The highest BCUT2D eigenvalue weighted by Gasteiger charge is 2.32. The zero-order valence-electron chi connectivity index (χ0n) is 15.2. The van der Waals surface area contributed by atoms with Gasteiger partial charge < -0.3 is 20.9 Å². The maximum absolute atomic E-state index is 12.6. The van der Waals surface area contributed by atoms with E-state index in [1.54, 1.807) is 30.3 Å². The molecule has 7 nitrogen and oxygen atoms in total. The number of ether oxygens (including phenoxy) is 2.